The smallest absolute Gasteiger partial charge is 0.307 e. The third kappa shape index (κ3) is 6.17. The molecule has 0 saturated carbocycles. The zero-order valence-corrected chi connectivity index (χ0v) is 19.5. The van der Waals surface area contributed by atoms with E-state index >= 15 is 0 Å². The molecule has 0 spiro atoms. The number of hydrogen-bond donors (Lipinski definition) is 0. The summed E-state index contributed by atoms with van der Waals surface area (Å²) in [5, 5.41) is 0.176. The zero-order valence-electron chi connectivity index (χ0n) is 15.8. The molecule has 0 aromatic rings. The van der Waals surface area contributed by atoms with Crippen molar-refractivity contribution in [3.8, 4) is 0 Å². The molecular formula is C14H35O3PSSi2. The Bertz CT molecular complexity index is 366. The summed E-state index contributed by atoms with van der Waals surface area (Å²) in [6.07, 6.45) is 0. The van der Waals surface area contributed by atoms with Crippen molar-refractivity contribution in [1.82, 2.24) is 0 Å². The van der Waals surface area contributed by atoms with E-state index in [0.29, 0.717) is 6.61 Å². The highest BCUT2D eigenvalue weighted by Crippen LogP contribution is 2.60. The van der Waals surface area contributed by atoms with E-state index in [1.165, 1.54) is 0 Å². The van der Waals surface area contributed by atoms with Crippen molar-refractivity contribution < 1.29 is 12.9 Å². The van der Waals surface area contributed by atoms with Gasteiger partial charge in [0.1, 0.15) is 0 Å². The summed E-state index contributed by atoms with van der Waals surface area (Å²) in [7, 11) is -4.04. The number of rotatable bonds is 6. The van der Waals surface area contributed by atoms with Crippen LogP contribution in [0.3, 0.4) is 0 Å². The fourth-order valence-corrected chi connectivity index (χ4v) is 12.6. The first kappa shape index (κ1) is 22.0. The molecule has 0 fully saturated rings. The Kier molecular flexibility index (Phi) is 7.15. The van der Waals surface area contributed by atoms with E-state index in [1.807, 2.05) is 6.92 Å². The van der Waals surface area contributed by atoms with Gasteiger partial charge in [-0.3, -0.25) is 0 Å². The molecule has 0 saturated heterocycles. The Balaban J connectivity index is 5.44. The van der Waals surface area contributed by atoms with Crippen LogP contribution in [0.2, 0.25) is 36.3 Å². The Morgan fingerprint density at radius 3 is 1.29 bits per heavy atom. The van der Waals surface area contributed by atoms with E-state index in [4.69, 9.17) is 24.8 Å². The van der Waals surface area contributed by atoms with Crippen LogP contribution in [0.25, 0.3) is 0 Å². The highest BCUT2D eigenvalue weighted by molar-refractivity contribution is 8.08. The van der Waals surface area contributed by atoms with Crippen LogP contribution < -0.4 is 0 Å². The molecule has 7 heteroatoms. The number of hydrogen-bond acceptors (Lipinski definition) is 4. The van der Waals surface area contributed by atoms with E-state index in [9.17, 15) is 0 Å². The Morgan fingerprint density at radius 1 is 0.810 bits per heavy atom. The SMILES string of the molecule is CCOP(=S)(O[Si](C)(C)C(C)(C)C)O[Si](C)(C)C(C)(C)C. The van der Waals surface area contributed by atoms with Crippen LogP contribution in [0.15, 0.2) is 0 Å². The normalized spacial score (nSPS) is 15.4. The van der Waals surface area contributed by atoms with Crippen molar-refractivity contribution in [3.63, 3.8) is 0 Å². The average Bonchev–Trinajstić information content (AvgIpc) is 2.10. The van der Waals surface area contributed by atoms with Gasteiger partial charge in [-0.25, -0.2) is 0 Å². The summed E-state index contributed by atoms with van der Waals surface area (Å²) < 4.78 is 18.7. The summed E-state index contributed by atoms with van der Waals surface area (Å²) in [5.74, 6) is 0. The molecule has 0 aliphatic rings. The molecule has 0 aromatic heterocycles. The highest BCUT2D eigenvalue weighted by Gasteiger charge is 2.47. The molecule has 0 unspecified atom stereocenters. The van der Waals surface area contributed by atoms with Crippen molar-refractivity contribution in [3.05, 3.63) is 0 Å². The van der Waals surface area contributed by atoms with Gasteiger partial charge in [-0.1, -0.05) is 41.5 Å². The maximum Gasteiger partial charge on any atom is 0.307 e. The first-order chi connectivity index (χ1) is 8.97. The fraction of sp³-hybridized carbons (Fsp3) is 1.00. The lowest BCUT2D eigenvalue weighted by Gasteiger charge is -2.44. The third-order valence-electron chi connectivity index (χ3n) is 4.58. The summed E-state index contributed by atoms with van der Waals surface area (Å²) >= 11 is 5.75. The van der Waals surface area contributed by atoms with Gasteiger partial charge in [0.05, 0.1) is 6.61 Å². The first-order valence-corrected chi connectivity index (χ1v) is 16.0. The largest absolute Gasteiger partial charge is 0.351 e. The summed E-state index contributed by atoms with van der Waals surface area (Å²) in [5.41, 5.74) is 0. The van der Waals surface area contributed by atoms with Gasteiger partial charge in [0.2, 0.25) is 16.6 Å². The second kappa shape index (κ2) is 6.83. The molecule has 0 rings (SSSR count). The average molecular weight is 371 g/mol. The van der Waals surface area contributed by atoms with Gasteiger partial charge in [-0.2, -0.15) is 0 Å². The quantitative estimate of drug-likeness (QED) is 0.405. The molecule has 0 aliphatic heterocycles. The van der Waals surface area contributed by atoms with Crippen LogP contribution in [-0.2, 0) is 24.8 Å². The van der Waals surface area contributed by atoms with Gasteiger partial charge in [0.15, 0.2) is 0 Å². The molecule has 128 valence electrons. The molecule has 0 amide bonds. The van der Waals surface area contributed by atoms with E-state index in [1.54, 1.807) is 0 Å². The molecule has 0 aliphatic carbocycles. The molecule has 0 atom stereocenters. The van der Waals surface area contributed by atoms with Crippen LogP contribution in [-0.4, -0.2) is 23.2 Å². The van der Waals surface area contributed by atoms with Gasteiger partial charge < -0.3 is 12.9 Å². The maximum absolute atomic E-state index is 6.42. The monoisotopic (exact) mass is 370 g/mol. The lowest BCUT2D eigenvalue weighted by atomic mass is 10.2. The van der Waals surface area contributed by atoms with Crippen molar-refractivity contribution in [1.29, 1.82) is 0 Å². The Labute approximate surface area is 139 Å². The van der Waals surface area contributed by atoms with Crippen molar-refractivity contribution in [2.24, 2.45) is 0 Å². The van der Waals surface area contributed by atoms with Gasteiger partial charge in [-0.05, 0) is 55.0 Å². The van der Waals surface area contributed by atoms with Crippen LogP contribution in [0.5, 0.6) is 0 Å². The lowest BCUT2D eigenvalue weighted by Crippen LogP contribution is -2.44. The maximum atomic E-state index is 6.42. The predicted octanol–water partition coefficient (Wildman–Crippen LogP) is 6.29. The molecule has 0 N–H and O–H groups in total. The summed E-state index contributed by atoms with van der Waals surface area (Å²) in [4.78, 5) is 0. The Morgan fingerprint density at radius 2 is 1.10 bits per heavy atom. The van der Waals surface area contributed by atoms with Crippen LogP contribution in [0.1, 0.15) is 48.5 Å². The van der Waals surface area contributed by atoms with E-state index < -0.39 is 23.4 Å². The standard InChI is InChI=1S/C14H35O3PSSi2/c1-12-15-18(19,16-20(8,9)13(2,3)4)17-21(10,11)14(5,6)7/h12H2,1-11H3. The second-order valence-electron chi connectivity index (χ2n) is 8.57. The van der Waals surface area contributed by atoms with Crippen molar-refractivity contribution in [2.45, 2.75) is 84.7 Å². The molecular weight excluding hydrogens is 335 g/mol. The third-order valence-corrected chi connectivity index (χ3v) is 19.5. The molecule has 0 bridgehead atoms. The van der Waals surface area contributed by atoms with Gasteiger partial charge >= 0.3 is 6.72 Å². The highest BCUT2D eigenvalue weighted by atomic mass is 32.5. The van der Waals surface area contributed by atoms with Gasteiger partial charge in [0.25, 0.3) is 0 Å². The van der Waals surface area contributed by atoms with Crippen molar-refractivity contribution >= 4 is 35.2 Å². The van der Waals surface area contributed by atoms with E-state index in [2.05, 4.69) is 67.7 Å². The molecule has 21 heavy (non-hydrogen) atoms. The minimum Gasteiger partial charge on any atom is -0.351 e. The van der Waals surface area contributed by atoms with Crippen LogP contribution >= 0.6 is 6.72 Å². The second-order valence-corrected chi connectivity index (χ2v) is 21.6. The molecule has 3 nitrogen and oxygen atoms in total. The van der Waals surface area contributed by atoms with Crippen LogP contribution in [0, 0.1) is 0 Å². The predicted molar refractivity (Wildman–Crippen MR) is 102 cm³/mol. The summed E-state index contributed by atoms with van der Waals surface area (Å²) in [6, 6.07) is 0. The topological polar surface area (TPSA) is 27.7 Å². The Hall–Kier alpha value is 0.964. The molecule has 0 aromatic carbocycles. The first-order valence-electron chi connectivity index (χ1n) is 7.63. The van der Waals surface area contributed by atoms with Gasteiger partial charge in [0, 0.05) is 0 Å². The van der Waals surface area contributed by atoms with Gasteiger partial charge in [-0.15, -0.1) is 0 Å². The minimum absolute atomic E-state index is 0.0882. The van der Waals surface area contributed by atoms with E-state index in [0.717, 1.165) is 0 Å². The summed E-state index contributed by atoms with van der Waals surface area (Å²) in [6.45, 7) is 21.8. The zero-order chi connectivity index (χ0) is 17.3. The fourth-order valence-electron chi connectivity index (χ4n) is 1.06. The van der Waals surface area contributed by atoms with Crippen LogP contribution in [0.4, 0.5) is 0 Å². The van der Waals surface area contributed by atoms with Crippen molar-refractivity contribution in [2.75, 3.05) is 6.61 Å². The molecule has 0 heterocycles. The van der Waals surface area contributed by atoms with E-state index in [-0.39, 0.29) is 10.1 Å². The molecule has 0 radical (unpaired) electrons. The lowest BCUT2D eigenvalue weighted by molar-refractivity contribution is 0.263. The minimum atomic E-state index is -2.70.